The summed E-state index contributed by atoms with van der Waals surface area (Å²) in [5, 5.41) is 4.14. The van der Waals surface area contributed by atoms with Crippen molar-refractivity contribution in [3.63, 3.8) is 0 Å². The summed E-state index contributed by atoms with van der Waals surface area (Å²) in [4.78, 5) is 8.96. The number of nitrogens with two attached hydrogens (primary N) is 1. The number of benzene rings is 2. The number of sulfonamides is 1. The van der Waals surface area contributed by atoms with Crippen LogP contribution in [0.2, 0.25) is 0 Å². The van der Waals surface area contributed by atoms with Crippen LogP contribution in [0, 0.1) is 17.7 Å². The van der Waals surface area contributed by atoms with E-state index in [0.717, 1.165) is 55.3 Å². The number of fused-ring (bicyclic) bond motifs is 1. The molecule has 1 aromatic heterocycles. The molecule has 7 nitrogen and oxygen atoms in total. The third-order valence-electron chi connectivity index (χ3n) is 5.83. The summed E-state index contributed by atoms with van der Waals surface area (Å²) in [5.74, 6) is 1.30. The van der Waals surface area contributed by atoms with Crippen molar-refractivity contribution in [2.45, 2.75) is 30.6 Å². The molecule has 3 aromatic rings. The van der Waals surface area contributed by atoms with Crippen LogP contribution < -0.4 is 15.8 Å². The summed E-state index contributed by atoms with van der Waals surface area (Å²) < 4.78 is 40.4. The number of nitrogen functional groups attached to an aromatic ring is 1. The Morgan fingerprint density at radius 2 is 1.56 bits per heavy atom. The van der Waals surface area contributed by atoms with Crippen molar-refractivity contribution in [2.24, 2.45) is 11.8 Å². The summed E-state index contributed by atoms with van der Waals surface area (Å²) in [6, 6.07) is 12.5. The quantitative estimate of drug-likeness (QED) is 0.473. The van der Waals surface area contributed by atoms with E-state index in [1.807, 2.05) is 24.3 Å². The van der Waals surface area contributed by atoms with Crippen LogP contribution in [-0.4, -0.2) is 31.5 Å². The lowest BCUT2D eigenvalue weighted by atomic mass is 9.82. The lowest BCUT2D eigenvalue weighted by molar-refractivity contribution is 0.284. The van der Waals surface area contributed by atoms with Gasteiger partial charge in [0.1, 0.15) is 11.6 Å². The maximum Gasteiger partial charge on any atom is 0.240 e. The minimum Gasteiger partial charge on any atom is -0.383 e. The van der Waals surface area contributed by atoms with Crippen molar-refractivity contribution in [1.29, 1.82) is 0 Å². The molecule has 0 saturated heterocycles. The molecular formula is C22H27ClFN5O2S. The van der Waals surface area contributed by atoms with Crippen LogP contribution >= 0.6 is 12.4 Å². The van der Waals surface area contributed by atoms with Gasteiger partial charge in [-0.05, 0) is 73.9 Å². The zero-order valence-corrected chi connectivity index (χ0v) is 19.1. The van der Waals surface area contributed by atoms with E-state index in [9.17, 15) is 12.8 Å². The molecule has 0 radical (unpaired) electrons. The second-order valence-corrected chi connectivity index (χ2v) is 9.79. The van der Waals surface area contributed by atoms with Gasteiger partial charge in [-0.15, -0.1) is 12.4 Å². The molecule has 32 heavy (non-hydrogen) atoms. The Kier molecular flexibility index (Phi) is 7.86. The smallest absolute Gasteiger partial charge is 0.240 e. The Balaban J connectivity index is 0.00000289. The molecule has 0 atom stereocenters. The van der Waals surface area contributed by atoms with Crippen molar-refractivity contribution in [2.75, 3.05) is 24.1 Å². The predicted molar refractivity (Wildman–Crippen MR) is 127 cm³/mol. The SMILES string of the molecule is Cl.Nc1nc(NCC2CCC(CNS(=O)(=O)c3ccc(F)cc3)CC2)nc2ccccc12. The molecule has 4 N–H and O–H groups in total. The van der Waals surface area contributed by atoms with Crippen LogP contribution in [0.25, 0.3) is 10.9 Å². The van der Waals surface area contributed by atoms with Crippen molar-refractivity contribution in [3.05, 3.63) is 54.3 Å². The first kappa shape index (κ1) is 24.2. The number of nitrogens with one attached hydrogen (secondary N) is 2. The van der Waals surface area contributed by atoms with Gasteiger partial charge in [-0.2, -0.15) is 4.98 Å². The zero-order chi connectivity index (χ0) is 21.8. The van der Waals surface area contributed by atoms with Gasteiger partial charge >= 0.3 is 0 Å². The predicted octanol–water partition coefficient (Wildman–Crippen LogP) is 3.97. The number of hydrogen-bond donors (Lipinski definition) is 3. The maximum atomic E-state index is 13.0. The molecule has 1 aliphatic carbocycles. The van der Waals surface area contributed by atoms with E-state index < -0.39 is 15.8 Å². The zero-order valence-electron chi connectivity index (χ0n) is 17.5. The van der Waals surface area contributed by atoms with E-state index in [4.69, 9.17) is 5.73 Å². The lowest BCUT2D eigenvalue weighted by Gasteiger charge is -2.28. The number of hydrogen-bond acceptors (Lipinski definition) is 6. The van der Waals surface area contributed by atoms with E-state index in [0.29, 0.717) is 30.1 Å². The average molecular weight is 480 g/mol. The van der Waals surface area contributed by atoms with Crippen molar-refractivity contribution in [3.8, 4) is 0 Å². The lowest BCUT2D eigenvalue weighted by Crippen LogP contribution is -2.32. The first-order valence-electron chi connectivity index (χ1n) is 10.4. The van der Waals surface area contributed by atoms with Crippen molar-refractivity contribution in [1.82, 2.24) is 14.7 Å². The van der Waals surface area contributed by atoms with E-state index >= 15 is 0 Å². The molecule has 1 heterocycles. The molecule has 0 amide bonds. The Morgan fingerprint density at radius 3 is 2.25 bits per heavy atom. The highest BCUT2D eigenvalue weighted by molar-refractivity contribution is 7.89. The molecule has 1 saturated carbocycles. The molecule has 1 aliphatic rings. The molecule has 172 valence electrons. The van der Waals surface area contributed by atoms with Gasteiger partial charge in [-0.25, -0.2) is 22.5 Å². The molecule has 4 rings (SSSR count). The highest BCUT2D eigenvalue weighted by atomic mass is 35.5. The Hall–Kier alpha value is -2.49. The van der Waals surface area contributed by atoms with E-state index in [1.54, 1.807) is 0 Å². The molecule has 0 aliphatic heterocycles. The van der Waals surface area contributed by atoms with Crippen LogP contribution in [0.4, 0.5) is 16.2 Å². The van der Waals surface area contributed by atoms with Crippen LogP contribution in [0.3, 0.4) is 0 Å². The number of rotatable bonds is 7. The standard InChI is InChI=1S/C22H26FN5O2S.ClH/c23-17-9-11-18(12-10-17)31(29,30)26-14-16-7-5-15(6-8-16)13-25-22-27-20-4-2-1-3-19(20)21(24)28-22;/h1-4,9-12,15-16,26H,5-8,13-14H2,(H3,24,25,27,28);1H. The summed E-state index contributed by atoms with van der Waals surface area (Å²) in [5.41, 5.74) is 6.85. The molecule has 0 spiro atoms. The fourth-order valence-electron chi connectivity index (χ4n) is 3.98. The molecule has 2 aromatic carbocycles. The fourth-order valence-corrected chi connectivity index (χ4v) is 5.10. The van der Waals surface area contributed by atoms with E-state index in [1.165, 1.54) is 12.1 Å². The van der Waals surface area contributed by atoms with Gasteiger partial charge in [0.05, 0.1) is 10.4 Å². The fraction of sp³-hybridized carbons (Fsp3) is 0.364. The maximum absolute atomic E-state index is 13.0. The van der Waals surface area contributed by atoms with Crippen molar-refractivity contribution < 1.29 is 12.8 Å². The Bertz CT molecular complexity index is 1150. The Labute approximate surface area is 193 Å². The Morgan fingerprint density at radius 1 is 0.938 bits per heavy atom. The summed E-state index contributed by atoms with van der Waals surface area (Å²) in [6.07, 6.45) is 3.88. The second-order valence-electron chi connectivity index (χ2n) is 8.02. The molecule has 0 unspecified atom stereocenters. The average Bonchev–Trinajstić information content (AvgIpc) is 2.77. The largest absolute Gasteiger partial charge is 0.383 e. The summed E-state index contributed by atoms with van der Waals surface area (Å²) in [7, 11) is -3.62. The van der Waals surface area contributed by atoms with Gasteiger partial charge < -0.3 is 11.1 Å². The van der Waals surface area contributed by atoms with E-state index in [-0.39, 0.29) is 17.3 Å². The third-order valence-corrected chi connectivity index (χ3v) is 7.27. The highest BCUT2D eigenvalue weighted by Crippen LogP contribution is 2.29. The summed E-state index contributed by atoms with van der Waals surface area (Å²) in [6.45, 7) is 1.15. The number of halogens is 2. The minimum absolute atomic E-state index is 0. The third kappa shape index (κ3) is 5.85. The minimum atomic E-state index is -3.62. The molecular weight excluding hydrogens is 453 g/mol. The van der Waals surface area contributed by atoms with Crippen LogP contribution in [-0.2, 0) is 10.0 Å². The second kappa shape index (κ2) is 10.4. The highest BCUT2D eigenvalue weighted by Gasteiger charge is 2.23. The monoisotopic (exact) mass is 479 g/mol. The first-order valence-corrected chi connectivity index (χ1v) is 11.9. The molecule has 0 bridgehead atoms. The number of nitrogens with zero attached hydrogens (tertiary/aromatic N) is 2. The number of anilines is 2. The van der Waals surface area contributed by atoms with Crippen LogP contribution in [0.15, 0.2) is 53.4 Å². The topological polar surface area (TPSA) is 110 Å². The van der Waals surface area contributed by atoms with E-state index in [2.05, 4.69) is 20.0 Å². The summed E-state index contributed by atoms with van der Waals surface area (Å²) >= 11 is 0. The van der Waals surface area contributed by atoms with Gasteiger partial charge in [-0.3, -0.25) is 0 Å². The number of aromatic nitrogens is 2. The number of para-hydroxylation sites is 1. The van der Waals surface area contributed by atoms with Crippen molar-refractivity contribution >= 4 is 45.1 Å². The van der Waals surface area contributed by atoms with Gasteiger partial charge in [0, 0.05) is 18.5 Å². The van der Waals surface area contributed by atoms with Gasteiger partial charge in [0.25, 0.3) is 0 Å². The normalized spacial score (nSPS) is 18.8. The molecule has 1 fully saturated rings. The van der Waals surface area contributed by atoms with Gasteiger partial charge in [0.15, 0.2) is 0 Å². The van der Waals surface area contributed by atoms with Gasteiger partial charge in [-0.1, -0.05) is 12.1 Å². The first-order chi connectivity index (χ1) is 14.9. The molecule has 10 heteroatoms. The van der Waals surface area contributed by atoms with Crippen LogP contribution in [0.1, 0.15) is 25.7 Å². The van der Waals surface area contributed by atoms with Crippen LogP contribution in [0.5, 0.6) is 0 Å². The van der Waals surface area contributed by atoms with Gasteiger partial charge in [0.2, 0.25) is 16.0 Å².